The average molecular weight is 244 g/mol. The third kappa shape index (κ3) is 1.60. The fourth-order valence-corrected chi connectivity index (χ4v) is 1.73. The number of aromatic hydroxyl groups is 1. The molecule has 6 heteroatoms. The van der Waals surface area contributed by atoms with E-state index in [2.05, 4.69) is 9.97 Å². The molecule has 0 spiro atoms. The number of nitrogens with one attached hydrogen (secondary N) is 1. The Morgan fingerprint density at radius 3 is 2.89 bits per heavy atom. The monoisotopic (exact) mass is 244 g/mol. The lowest BCUT2D eigenvalue weighted by Crippen LogP contribution is -1.91. The molecule has 0 amide bonds. The van der Waals surface area contributed by atoms with Gasteiger partial charge in [0.2, 0.25) is 11.7 Å². The van der Waals surface area contributed by atoms with E-state index in [9.17, 15) is 9.90 Å². The van der Waals surface area contributed by atoms with E-state index in [0.717, 1.165) is 17.1 Å². The molecule has 0 radical (unpaired) electrons. The lowest BCUT2D eigenvalue weighted by molar-refractivity contribution is 0.0663. The van der Waals surface area contributed by atoms with Crippen LogP contribution in [0.2, 0.25) is 0 Å². The predicted molar refractivity (Wildman–Crippen MR) is 62.4 cm³/mol. The summed E-state index contributed by atoms with van der Waals surface area (Å²) in [5, 5.41) is 19.0. The van der Waals surface area contributed by atoms with Crippen molar-refractivity contribution >= 4 is 16.9 Å². The highest BCUT2D eigenvalue weighted by Crippen LogP contribution is 2.26. The zero-order chi connectivity index (χ0) is 12.7. The van der Waals surface area contributed by atoms with Gasteiger partial charge in [0.25, 0.3) is 0 Å². The van der Waals surface area contributed by atoms with E-state index in [4.69, 9.17) is 9.52 Å². The summed E-state index contributed by atoms with van der Waals surface area (Å²) in [4.78, 5) is 17.6. The second-order valence-corrected chi connectivity index (χ2v) is 3.79. The number of phenols is 1. The number of aromatic nitrogens is 2. The molecule has 18 heavy (non-hydrogen) atoms. The number of phenolic OH excluding ortho intramolecular Hbond substituents is 1. The Kier molecular flexibility index (Phi) is 2.09. The van der Waals surface area contributed by atoms with Gasteiger partial charge in [0.05, 0.1) is 6.20 Å². The number of rotatable bonds is 2. The highest BCUT2D eigenvalue weighted by Gasteiger charge is 2.13. The first kappa shape index (κ1) is 10.4. The van der Waals surface area contributed by atoms with Gasteiger partial charge in [0, 0.05) is 17.0 Å². The van der Waals surface area contributed by atoms with Crippen LogP contribution in [0.4, 0.5) is 0 Å². The zero-order valence-corrected chi connectivity index (χ0v) is 9.04. The topological polar surface area (TPSA) is 99.4 Å². The molecule has 6 nitrogen and oxygen atoms in total. The SMILES string of the molecule is O=C(O)c1cnc(-c2cc3ccc(O)cc3[nH]2)o1. The van der Waals surface area contributed by atoms with Crippen molar-refractivity contribution in [2.24, 2.45) is 0 Å². The minimum Gasteiger partial charge on any atom is -0.508 e. The van der Waals surface area contributed by atoms with Gasteiger partial charge < -0.3 is 19.6 Å². The third-order valence-corrected chi connectivity index (χ3v) is 2.55. The smallest absolute Gasteiger partial charge is 0.373 e. The highest BCUT2D eigenvalue weighted by atomic mass is 16.4. The van der Waals surface area contributed by atoms with E-state index in [1.54, 1.807) is 24.3 Å². The summed E-state index contributed by atoms with van der Waals surface area (Å²) in [6.07, 6.45) is 1.15. The van der Waals surface area contributed by atoms with Crippen molar-refractivity contribution in [2.75, 3.05) is 0 Å². The van der Waals surface area contributed by atoms with Crippen molar-refractivity contribution in [2.45, 2.75) is 0 Å². The Bertz CT molecular complexity index is 741. The molecule has 90 valence electrons. The van der Waals surface area contributed by atoms with Crippen LogP contribution in [0.15, 0.2) is 34.9 Å². The fraction of sp³-hybridized carbons (Fsp3) is 0. The summed E-state index contributed by atoms with van der Waals surface area (Å²) in [7, 11) is 0. The fourth-order valence-electron chi connectivity index (χ4n) is 1.73. The van der Waals surface area contributed by atoms with Gasteiger partial charge in [-0.25, -0.2) is 9.78 Å². The summed E-state index contributed by atoms with van der Waals surface area (Å²) < 4.78 is 5.09. The van der Waals surface area contributed by atoms with Gasteiger partial charge in [0.1, 0.15) is 11.4 Å². The van der Waals surface area contributed by atoms with Gasteiger partial charge in [-0.3, -0.25) is 0 Å². The Morgan fingerprint density at radius 1 is 1.33 bits per heavy atom. The first-order valence-electron chi connectivity index (χ1n) is 5.15. The van der Waals surface area contributed by atoms with Crippen molar-refractivity contribution in [3.8, 4) is 17.3 Å². The van der Waals surface area contributed by atoms with Crippen LogP contribution in [0.1, 0.15) is 10.6 Å². The number of fused-ring (bicyclic) bond motifs is 1. The number of aromatic amines is 1. The number of benzene rings is 1. The molecule has 3 N–H and O–H groups in total. The maximum atomic E-state index is 10.7. The summed E-state index contributed by atoms with van der Waals surface area (Å²) in [6, 6.07) is 6.65. The molecule has 0 aliphatic carbocycles. The number of carboxylic acids is 1. The first-order chi connectivity index (χ1) is 8.63. The molecule has 0 unspecified atom stereocenters. The van der Waals surface area contributed by atoms with E-state index >= 15 is 0 Å². The number of carbonyl (C=O) groups is 1. The Morgan fingerprint density at radius 2 is 2.17 bits per heavy atom. The second kappa shape index (κ2) is 3.63. The number of H-pyrrole nitrogens is 1. The van der Waals surface area contributed by atoms with Gasteiger partial charge in [-0.1, -0.05) is 0 Å². The summed E-state index contributed by atoms with van der Waals surface area (Å²) in [5.74, 6) is -1.04. The largest absolute Gasteiger partial charge is 0.508 e. The zero-order valence-electron chi connectivity index (χ0n) is 9.04. The average Bonchev–Trinajstić information content (AvgIpc) is 2.93. The van der Waals surface area contributed by atoms with Crippen molar-refractivity contribution < 1.29 is 19.4 Å². The van der Waals surface area contributed by atoms with Crippen molar-refractivity contribution in [1.82, 2.24) is 9.97 Å². The number of aromatic carboxylic acids is 1. The van der Waals surface area contributed by atoms with E-state index in [0.29, 0.717) is 5.69 Å². The third-order valence-electron chi connectivity index (χ3n) is 2.55. The van der Waals surface area contributed by atoms with Crippen LogP contribution in [0.5, 0.6) is 5.75 Å². The van der Waals surface area contributed by atoms with Crippen LogP contribution in [0, 0.1) is 0 Å². The molecule has 1 aromatic carbocycles. The van der Waals surface area contributed by atoms with E-state index in [-0.39, 0.29) is 17.4 Å². The molecule has 0 aliphatic heterocycles. The minimum absolute atomic E-state index is 0.148. The minimum atomic E-state index is -1.16. The molecule has 0 aliphatic rings. The molecule has 0 atom stereocenters. The second-order valence-electron chi connectivity index (χ2n) is 3.79. The standard InChI is InChI=1S/C12H8N2O4/c15-7-2-1-6-3-9(14-8(6)4-7)11-13-5-10(18-11)12(16)17/h1-5,14-15H,(H,16,17). The van der Waals surface area contributed by atoms with Gasteiger partial charge >= 0.3 is 5.97 Å². The molecular weight excluding hydrogens is 236 g/mol. The first-order valence-corrected chi connectivity index (χ1v) is 5.15. The van der Waals surface area contributed by atoms with Crippen LogP contribution in [-0.4, -0.2) is 26.2 Å². The van der Waals surface area contributed by atoms with Crippen LogP contribution >= 0.6 is 0 Å². The molecule has 2 aromatic heterocycles. The molecule has 3 aromatic rings. The Balaban J connectivity index is 2.10. The highest BCUT2D eigenvalue weighted by molar-refractivity contribution is 5.87. The van der Waals surface area contributed by atoms with Crippen molar-refractivity contribution in [1.29, 1.82) is 0 Å². The van der Waals surface area contributed by atoms with Crippen LogP contribution < -0.4 is 0 Å². The van der Waals surface area contributed by atoms with E-state index < -0.39 is 5.97 Å². The van der Waals surface area contributed by atoms with E-state index in [1.807, 2.05) is 0 Å². The molecule has 0 bridgehead atoms. The summed E-state index contributed by atoms with van der Waals surface area (Å²) in [6.45, 7) is 0. The normalized spacial score (nSPS) is 10.9. The molecule has 0 fully saturated rings. The molecule has 0 saturated heterocycles. The van der Waals surface area contributed by atoms with Gasteiger partial charge in [-0.15, -0.1) is 0 Å². The Hall–Kier alpha value is -2.76. The quantitative estimate of drug-likeness (QED) is 0.641. The van der Waals surface area contributed by atoms with Crippen LogP contribution in [-0.2, 0) is 0 Å². The number of nitrogens with zero attached hydrogens (tertiary/aromatic N) is 1. The molecule has 0 saturated carbocycles. The summed E-state index contributed by atoms with van der Waals surface area (Å²) in [5.41, 5.74) is 1.28. The van der Waals surface area contributed by atoms with Crippen molar-refractivity contribution in [3.63, 3.8) is 0 Å². The van der Waals surface area contributed by atoms with Crippen LogP contribution in [0.3, 0.4) is 0 Å². The number of hydrogen-bond acceptors (Lipinski definition) is 4. The van der Waals surface area contributed by atoms with Crippen molar-refractivity contribution in [3.05, 3.63) is 36.2 Å². The predicted octanol–water partition coefficient (Wildman–Crippen LogP) is 2.23. The lowest BCUT2D eigenvalue weighted by Gasteiger charge is -1.90. The van der Waals surface area contributed by atoms with Gasteiger partial charge in [-0.2, -0.15) is 0 Å². The number of carboxylic acid groups (broad SMARTS) is 1. The molecular formula is C12H8N2O4. The van der Waals surface area contributed by atoms with Gasteiger partial charge in [-0.05, 0) is 18.2 Å². The molecule has 3 rings (SSSR count). The number of hydrogen-bond donors (Lipinski definition) is 3. The maximum Gasteiger partial charge on any atom is 0.373 e. The molecule has 2 heterocycles. The van der Waals surface area contributed by atoms with Crippen LogP contribution in [0.25, 0.3) is 22.5 Å². The Labute approximate surface area is 101 Å². The van der Waals surface area contributed by atoms with E-state index in [1.165, 1.54) is 0 Å². The number of oxazole rings is 1. The summed E-state index contributed by atoms with van der Waals surface area (Å²) >= 11 is 0. The van der Waals surface area contributed by atoms with Gasteiger partial charge in [0.15, 0.2) is 0 Å². The lowest BCUT2D eigenvalue weighted by atomic mass is 10.2. The maximum absolute atomic E-state index is 10.7.